The number of hydrogen-bond donors (Lipinski definition) is 0. The van der Waals surface area contributed by atoms with Crippen molar-refractivity contribution in [1.29, 1.82) is 0 Å². The Labute approximate surface area is 220 Å². The maximum atomic E-state index is 13.5. The predicted molar refractivity (Wildman–Crippen MR) is 143 cm³/mol. The molecule has 1 aromatic heterocycles. The van der Waals surface area contributed by atoms with E-state index in [0.717, 1.165) is 17.4 Å². The van der Waals surface area contributed by atoms with Crippen molar-refractivity contribution in [2.75, 3.05) is 13.7 Å². The van der Waals surface area contributed by atoms with Crippen LogP contribution in [0, 0.1) is 23.7 Å². The molecule has 0 atom stereocenters. The SMILES string of the molecule is COc1ccc(-c2ccc(/C=C3\SC(=S)N(C4C5CC6CC(C5)CC4C6)C3=O)o2)cc1OCC(C)=O. The van der Waals surface area contributed by atoms with Crippen molar-refractivity contribution in [3.05, 3.63) is 41.0 Å². The molecule has 0 unspecified atom stereocenters. The second-order valence-corrected chi connectivity index (χ2v) is 12.2. The lowest BCUT2D eigenvalue weighted by molar-refractivity contribution is -0.130. The number of thioether (sulfide) groups is 1. The lowest BCUT2D eigenvalue weighted by Gasteiger charge is -2.56. The van der Waals surface area contributed by atoms with Gasteiger partial charge in [0, 0.05) is 17.7 Å². The van der Waals surface area contributed by atoms with Gasteiger partial charge in [-0.2, -0.15) is 0 Å². The first-order chi connectivity index (χ1) is 17.4. The van der Waals surface area contributed by atoms with Crippen LogP contribution in [-0.4, -0.2) is 40.7 Å². The van der Waals surface area contributed by atoms with Crippen molar-refractivity contribution >= 4 is 46.1 Å². The van der Waals surface area contributed by atoms with E-state index in [0.29, 0.717) is 44.1 Å². The van der Waals surface area contributed by atoms with E-state index in [9.17, 15) is 9.59 Å². The fourth-order valence-corrected chi connectivity index (χ4v) is 8.22. The van der Waals surface area contributed by atoms with Crippen molar-refractivity contribution in [3.63, 3.8) is 0 Å². The van der Waals surface area contributed by atoms with E-state index in [-0.39, 0.29) is 24.3 Å². The number of ether oxygens (including phenoxy) is 2. The first-order valence-electron chi connectivity index (χ1n) is 12.6. The number of thiocarbonyl (C=S) groups is 1. The Bertz CT molecular complexity index is 1240. The molecule has 0 spiro atoms. The fourth-order valence-electron chi connectivity index (χ4n) is 6.89. The minimum Gasteiger partial charge on any atom is -0.493 e. The molecule has 2 aromatic rings. The number of nitrogens with zero attached hydrogens (tertiary/aromatic N) is 1. The number of carbonyl (C=O) groups is 2. The minimum atomic E-state index is -0.0753. The second kappa shape index (κ2) is 9.38. The van der Waals surface area contributed by atoms with Gasteiger partial charge in [0.25, 0.3) is 5.91 Å². The van der Waals surface area contributed by atoms with Crippen molar-refractivity contribution in [2.24, 2.45) is 23.7 Å². The molecular formula is C28H29NO5S2. The smallest absolute Gasteiger partial charge is 0.266 e. The zero-order chi connectivity index (χ0) is 25.0. The summed E-state index contributed by atoms with van der Waals surface area (Å²) in [5.41, 5.74) is 0.787. The number of ketones is 1. The summed E-state index contributed by atoms with van der Waals surface area (Å²) < 4.78 is 17.7. The molecule has 4 aliphatic carbocycles. The number of benzene rings is 1. The molecule has 1 amide bonds. The third-order valence-corrected chi connectivity index (χ3v) is 9.41. The largest absolute Gasteiger partial charge is 0.493 e. The molecule has 4 bridgehead atoms. The number of methoxy groups -OCH3 is 1. The molecule has 6 nitrogen and oxygen atoms in total. The molecule has 1 aromatic carbocycles. The van der Waals surface area contributed by atoms with Crippen LogP contribution in [0.1, 0.15) is 44.8 Å². The van der Waals surface area contributed by atoms with Gasteiger partial charge in [0.1, 0.15) is 22.4 Å². The highest BCUT2D eigenvalue weighted by Gasteiger charge is 2.53. The summed E-state index contributed by atoms with van der Waals surface area (Å²) in [4.78, 5) is 27.4. The van der Waals surface area contributed by atoms with E-state index in [1.165, 1.54) is 50.8 Å². The third kappa shape index (κ3) is 4.28. The van der Waals surface area contributed by atoms with Gasteiger partial charge in [0.05, 0.1) is 12.0 Å². The number of Topliss-reactive ketones (excluding diaryl/α,β-unsaturated/α-hetero) is 1. The van der Waals surface area contributed by atoms with Crippen LogP contribution in [0.5, 0.6) is 11.5 Å². The summed E-state index contributed by atoms with van der Waals surface area (Å²) in [5, 5.41) is 0. The fraction of sp³-hybridized carbons (Fsp3) is 0.464. The summed E-state index contributed by atoms with van der Waals surface area (Å²) in [5.74, 6) is 5.07. The van der Waals surface area contributed by atoms with Crippen molar-refractivity contribution in [1.82, 2.24) is 4.90 Å². The van der Waals surface area contributed by atoms with Crippen LogP contribution in [-0.2, 0) is 9.59 Å². The quantitative estimate of drug-likeness (QED) is 0.328. The normalized spacial score (nSPS) is 29.9. The third-order valence-electron chi connectivity index (χ3n) is 8.08. The zero-order valence-corrected chi connectivity index (χ0v) is 22.0. The molecule has 8 heteroatoms. The average Bonchev–Trinajstić information content (AvgIpc) is 3.42. The van der Waals surface area contributed by atoms with Crippen LogP contribution in [0.15, 0.2) is 39.7 Å². The molecule has 0 N–H and O–H groups in total. The lowest BCUT2D eigenvalue weighted by atomic mass is 9.54. The highest BCUT2D eigenvalue weighted by molar-refractivity contribution is 8.26. The van der Waals surface area contributed by atoms with Gasteiger partial charge in [-0.25, -0.2) is 0 Å². The standard InChI is InChI=1S/C28H29NO5S2/c1-15(30)14-33-24-12-18(3-5-23(24)32-2)22-6-4-21(34-22)13-25-27(31)29(28(35)36-25)26-19-8-16-7-17(10-19)11-20(26)9-16/h3-6,12-13,16-17,19-20,26H,7-11,14H2,1-2H3/b25-13-. The number of carbonyl (C=O) groups excluding carboxylic acids is 2. The van der Waals surface area contributed by atoms with Gasteiger partial charge in [-0.05, 0) is 93.0 Å². The summed E-state index contributed by atoms with van der Waals surface area (Å²) >= 11 is 7.10. The van der Waals surface area contributed by atoms with Gasteiger partial charge in [-0.1, -0.05) is 24.0 Å². The van der Waals surface area contributed by atoms with E-state index >= 15 is 0 Å². The molecule has 5 aliphatic rings. The van der Waals surface area contributed by atoms with Gasteiger partial charge in [-0.15, -0.1) is 0 Å². The molecule has 5 fully saturated rings. The molecule has 0 radical (unpaired) electrons. The Morgan fingerprint density at radius 3 is 2.50 bits per heavy atom. The molecule has 36 heavy (non-hydrogen) atoms. The van der Waals surface area contributed by atoms with Crippen LogP contribution >= 0.6 is 24.0 Å². The van der Waals surface area contributed by atoms with E-state index in [1.54, 1.807) is 25.3 Å². The number of hydrogen-bond acceptors (Lipinski definition) is 7. The van der Waals surface area contributed by atoms with Crippen molar-refractivity contribution in [3.8, 4) is 22.8 Å². The van der Waals surface area contributed by atoms with E-state index in [4.69, 9.17) is 26.1 Å². The molecular weight excluding hydrogens is 494 g/mol. The number of rotatable bonds is 7. The highest BCUT2D eigenvalue weighted by atomic mass is 32.2. The van der Waals surface area contributed by atoms with Crippen LogP contribution in [0.4, 0.5) is 0 Å². The zero-order valence-electron chi connectivity index (χ0n) is 20.4. The van der Waals surface area contributed by atoms with Gasteiger partial charge < -0.3 is 13.9 Å². The molecule has 2 heterocycles. The van der Waals surface area contributed by atoms with Crippen LogP contribution in [0.2, 0.25) is 0 Å². The molecule has 4 saturated carbocycles. The first-order valence-corrected chi connectivity index (χ1v) is 13.8. The summed E-state index contributed by atoms with van der Waals surface area (Å²) in [6.45, 7) is 1.44. The highest BCUT2D eigenvalue weighted by Crippen LogP contribution is 2.56. The van der Waals surface area contributed by atoms with Gasteiger partial charge in [0.15, 0.2) is 17.3 Å². The van der Waals surface area contributed by atoms with E-state index in [2.05, 4.69) is 0 Å². The van der Waals surface area contributed by atoms with E-state index in [1.807, 2.05) is 23.1 Å². The predicted octanol–water partition coefficient (Wildman–Crippen LogP) is 5.95. The van der Waals surface area contributed by atoms with Crippen molar-refractivity contribution < 1.29 is 23.5 Å². The topological polar surface area (TPSA) is 69.0 Å². The Morgan fingerprint density at radius 2 is 1.83 bits per heavy atom. The summed E-state index contributed by atoms with van der Waals surface area (Å²) in [7, 11) is 1.56. The Hall–Kier alpha value is -2.58. The van der Waals surface area contributed by atoms with E-state index < -0.39 is 0 Å². The Balaban J connectivity index is 1.21. The average molecular weight is 524 g/mol. The first kappa shape index (κ1) is 23.8. The molecule has 188 valence electrons. The summed E-state index contributed by atoms with van der Waals surface area (Å²) in [6.07, 6.45) is 8.17. The molecule has 1 saturated heterocycles. The maximum Gasteiger partial charge on any atom is 0.266 e. The van der Waals surface area contributed by atoms with Crippen LogP contribution in [0.3, 0.4) is 0 Å². The second-order valence-electron chi connectivity index (χ2n) is 10.5. The van der Waals surface area contributed by atoms with Crippen LogP contribution < -0.4 is 9.47 Å². The molecule has 1 aliphatic heterocycles. The lowest BCUT2D eigenvalue weighted by Crippen LogP contribution is -2.57. The van der Waals surface area contributed by atoms with Crippen LogP contribution in [0.25, 0.3) is 17.4 Å². The van der Waals surface area contributed by atoms with Gasteiger partial charge >= 0.3 is 0 Å². The minimum absolute atomic E-state index is 0.0183. The Kier molecular flexibility index (Phi) is 6.20. The van der Waals surface area contributed by atoms with Gasteiger partial charge in [0.2, 0.25) is 0 Å². The number of furan rings is 1. The molecule has 7 rings (SSSR count). The maximum absolute atomic E-state index is 13.5. The number of amides is 1. The Morgan fingerprint density at radius 1 is 1.11 bits per heavy atom. The van der Waals surface area contributed by atoms with Crippen molar-refractivity contribution in [2.45, 2.75) is 45.1 Å². The monoisotopic (exact) mass is 523 g/mol. The summed E-state index contributed by atoms with van der Waals surface area (Å²) in [6, 6.07) is 9.41. The van der Waals surface area contributed by atoms with Gasteiger partial charge in [-0.3, -0.25) is 14.5 Å².